The normalized spacial score (nSPS) is 12.8. The van der Waals surface area contributed by atoms with Crippen molar-refractivity contribution in [3.8, 4) is 0 Å². The second-order valence-electron chi connectivity index (χ2n) is 2.52. The van der Waals surface area contributed by atoms with E-state index in [1.54, 1.807) is 6.92 Å². The largest absolute Gasteiger partial charge is 0.368 e. The molecule has 7 heteroatoms. The van der Waals surface area contributed by atoms with Gasteiger partial charge in [-0.25, -0.2) is 4.98 Å². The standard InChI is InChI=1S/C6H11N5OS/c1-3-9-6(11-10-3)13-2-4(7)5(8)12/h4H,2,7H2,1H3,(H2,8,12)(H,9,10,11). The topological polar surface area (TPSA) is 111 Å². The molecular formula is C6H11N5OS. The van der Waals surface area contributed by atoms with Crippen molar-refractivity contribution in [3.05, 3.63) is 5.82 Å². The van der Waals surface area contributed by atoms with Crippen LogP contribution in [-0.2, 0) is 4.79 Å². The van der Waals surface area contributed by atoms with Gasteiger partial charge in [0.05, 0.1) is 6.04 Å². The van der Waals surface area contributed by atoms with Crippen molar-refractivity contribution in [2.75, 3.05) is 5.75 Å². The second kappa shape index (κ2) is 4.24. The van der Waals surface area contributed by atoms with Crippen molar-refractivity contribution in [1.29, 1.82) is 0 Å². The third kappa shape index (κ3) is 3.03. The van der Waals surface area contributed by atoms with Gasteiger partial charge in [0.2, 0.25) is 11.1 Å². The highest BCUT2D eigenvalue weighted by atomic mass is 32.2. The molecule has 0 saturated heterocycles. The summed E-state index contributed by atoms with van der Waals surface area (Å²) in [6.07, 6.45) is 0. The maximum Gasteiger partial charge on any atom is 0.235 e. The van der Waals surface area contributed by atoms with E-state index < -0.39 is 11.9 Å². The molecule has 1 atom stereocenters. The number of thioether (sulfide) groups is 1. The SMILES string of the molecule is Cc1nc(SCC(N)C(N)=O)n[nH]1. The van der Waals surface area contributed by atoms with Gasteiger partial charge in [-0.2, -0.15) is 0 Å². The maximum absolute atomic E-state index is 10.6. The van der Waals surface area contributed by atoms with Crippen LogP contribution in [0.15, 0.2) is 5.16 Å². The van der Waals surface area contributed by atoms with E-state index in [1.807, 2.05) is 0 Å². The van der Waals surface area contributed by atoms with Crippen molar-refractivity contribution < 1.29 is 4.79 Å². The average Bonchev–Trinajstić information content (AvgIpc) is 2.47. The fraction of sp³-hybridized carbons (Fsp3) is 0.500. The minimum absolute atomic E-state index is 0.395. The number of aromatic nitrogens is 3. The summed E-state index contributed by atoms with van der Waals surface area (Å²) >= 11 is 1.30. The van der Waals surface area contributed by atoms with Crippen LogP contribution in [0.25, 0.3) is 0 Å². The molecule has 1 aromatic rings. The molecule has 1 aromatic heterocycles. The van der Waals surface area contributed by atoms with E-state index in [2.05, 4.69) is 15.2 Å². The summed E-state index contributed by atoms with van der Waals surface area (Å²) in [4.78, 5) is 14.6. The number of amides is 1. The van der Waals surface area contributed by atoms with Gasteiger partial charge in [-0.05, 0) is 6.92 Å². The molecule has 13 heavy (non-hydrogen) atoms. The zero-order valence-electron chi connectivity index (χ0n) is 7.15. The quantitative estimate of drug-likeness (QED) is 0.542. The number of nitrogens with one attached hydrogen (secondary N) is 1. The Morgan fingerprint density at radius 1 is 1.77 bits per heavy atom. The van der Waals surface area contributed by atoms with Gasteiger partial charge in [0.1, 0.15) is 5.82 Å². The third-order valence-electron chi connectivity index (χ3n) is 1.33. The van der Waals surface area contributed by atoms with Crippen LogP contribution >= 0.6 is 11.8 Å². The Balaban J connectivity index is 2.39. The van der Waals surface area contributed by atoms with Gasteiger partial charge in [-0.1, -0.05) is 11.8 Å². The lowest BCUT2D eigenvalue weighted by atomic mass is 10.3. The summed E-state index contributed by atoms with van der Waals surface area (Å²) in [5.41, 5.74) is 10.4. The van der Waals surface area contributed by atoms with Crippen molar-refractivity contribution >= 4 is 17.7 Å². The van der Waals surface area contributed by atoms with Crippen LogP contribution in [0.5, 0.6) is 0 Å². The fourth-order valence-corrected chi connectivity index (χ4v) is 1.44. The zero-order valence-corrected chi connectivity index (χ0v) is 7.97. The summed E-state index contributed by atoms with van der Waals surface area (Å²) in [7, 11) is 0. The average molecular weight is 201 g/mol. The summed E-state index contributed by atoms with van der Waals surface area (Å²) in [6, 6.07) is -0.649. The fourth-order valence-electron chi connectivity index (χ4n) is 0.633. The smallest absolute Gasteiger partial charge is 0.235 e. The number of hydrogen-bond acceptors (Lipinski definition) is 5. The van der Waals surface area contributed by atoms with E-state index in [4.69, 9.17) is 11.5 Å². The minimum atomic E-state index is -0.649. The predicted octanol–water partition coefficient (Wildman–Crippen LogP) is -0.982. The van der Waals surface area contributed by atoms with Crippen LogP contribution < -0.4 is 11.5 Å². The van der Waals surface area contributed by atoms with E-state index in [9.17, 15) is 4.79 Å². The first kappa shape index (κ1) is 10.0. The Kier molecular flexibility index (Phi) is 3.26. The Bertz CT molecular complexity index is 299. The molecule has 0 aliphatic heterocycles. The van der Waals surface area contributed by atoms with Gasteiger partial charge in [-0.15, -0.1) is 5.10 Å². The van der Waals surface area contributed by atoms with Crippen molar-refractivity contribution in [2.24, 2.45) is 11.5 Å². The molecule has 1 rings (SSSR count). The molecule has 0 radical (unpaired) electrons. The molecule has 1 amide bonds. The Labute approximate surface area is 79.5 Å². The number of primary amides is 1. The number of nitrogens with two attached hydrogens (primary N) is 2. The van der Waals surface area contributed by atoms with E-state index in [1.165, 1.54) is 11.8 Å². The second-order valence-corrected chi connectivity index (χ2v) is 3.51. The van der Waals surface area contributed by atoms with E-state index in [-0.39, 0.29) is 0 Å². The van der Waals surface area contributed by atoms with E-state index >= 15 is 0 Å². The molecule has 0 aliphatic rings. The molecule has 0 saturated carbocycles. The van der Waals surface area contributed by atoms with Crippen LogP contribution in [0.4, 0.5) is 0 Å². The number of hydrogen-bond donors (Lipinski definition) is 3. The number of nitrogens with zero attached hydrogens (tertiary/aromatic N) is 2. The van der Waals surface area contributed by atoms with Gasteiger partial charge in [0, 0.05) is 5.75 Å². The lowest BCUT2D eigenvalue weighted by molar-refractivity contribution is -0.118. The van der Waals surface area contributed by atoms with E-state index in [0.717, 1.165) is 5.82 Å². The minimum Gasteiger partial charge on any atom is -0.368 e. The van der Waals surface area contributed by atoms with Gasteiger partial charge in [-0.3, -0.25) is 9.89 Å². The summed E-state index contributed by atoms with van der Waals surface area (Å²) in [5, 5.41) is 7.13. The number of aryl methyl sites for hydroxylation is 1. The lowest BCUT2D eigenvalue weighted by Crippen LogP contribution is -2.38. The monoisotopic (exact) mass is 201 g/mol. The molecule has 0 aromatic carbocycles. The van der Waals surface area contributed by atoms with Gasteiger partial charge < -0.3 is 11.5 Å². The summed E-state index contributed by atoms with van der Waals surface area (Å²) in [5.74, 6) is 0.613. The molecule has 5 N–H and O–H groups in total. The highest BCUT2D eigenvalue weighted by Crippen LogP contribution is 2.12. The molecule has 0 bridgehead atoms. The van der Waals surface area contributed by atoms with E-state index in [0.29, 0.717) is 10.9 Å². The molecule has 0 fully saturated rings. The highest BCUT2D eigenvalue weighted by Gasteiger charge is 2.10. The number of aromatic amines is 1. The first-order chi connectivity index (χ1) is 6.09. The van der Waals surface area contributed by atoms with Crippen LogP contribution in [0.1, 0.15) is 5.82 Å². The van der Waals surface area contributed by atoms with Crippen molar-refractivity contribution in [3.63, 3.8) is 0 Å². The number of rotatable bonds is 4. The van der Waals surface area contributed by atoms with Crippen LogP contribution in [0.2, 0.25) is 0 Å². The molecule has 72 valence electrons. The molecule has 1 unspecified atom stereocenters. The Hall–Kier alpha value is -1.08. The van der Waals surface area contributed by atoms with Crippen molar-refractivity contribution in [2.45, 2.75) is 18.1 Å². The molecule has 1 heterocycles. The highest BCUT2D eigenvalue weighted by molar-refractivity contribution is 7.99. The molecule has 0 spiro atoms. The van der Waals surface area contributed by atoms with Crippen LogP contribution in [0.3, 0.4) is 0 Å². The third-order valence-corrected chi connectivity index (χ3v) is 2.30. The summed E-state index contributed by atoms with van der Waals surface area (Å²) in [6.45, 7) is 1.80. The number of carbonyl (C=O) groups is 1. The van der Waals surface area contributed by atoms with Gasteiger partial charge >= 0.3 is 0 Å². The number of H-pyrrole nitrogens is 1. The van der Waals surface area contributed by atoms with Gasteiger partial charge in [0.15, 0.2) is 0 Å². The lowest BCUT2D eigenvalue weighted by Gasteiger charge is -2.03. The Morgan fingerprint density at radius 3 is 2.92 bits per heavy atom. The Morgan fingerprint density at radius 2 is 2.46 bits per heavy atom. The zero-order chi connectivity index (χ0) is 9.84. The molecular weight excluding hydrogens is 190 g/mol. The molecule has 0 aliphatic carbocycles. The van der Waals surface area contributed by atoms with Crippen LogP contribution in [0, 0.1) is 6.92 Å². The predicted molar refractivity (Wildman–Crippen MR) is 49.0 cm³/mol. The first-order valence-corrected chi connectivity index (χ1v) is 4.65. The van der Waals surface area contributed by atoms with Crippen molar-refractivity contribution in [1.82, 2.24) is 15.2 Å². The summed E-state index contributed by atoms with van der Waals surface area (Å²) < 4.78 is 0. The molecule has 6 nitrogen and oxygen atoms in total. The maximum atomic E-state index is 10.6. The number of carbonyl (C=O) groups excluding carboxylic acids is 1. The van der Waals surface area contributed by atoms with Gasteiger partial charge in [0.25, 0.3) is 0 Å². The first-order valence-electron chi connectivity index (χ1n) is 3.66. The van der Waals surface area contributed by atoms with Crippen LogP contribution in [-0.4, -0.2) is 32.9 Å².